The van der Waals surface area contributed by atoms with Crippen molar-refractivity contribution in [3.8, 4) is 0 Å². The number of aliphatic imine (C=N–C) groups is 1. The van der Waals surface area contributed by atoms with Gasteiger partial charge >= 0.3 is 0 Å². The van der Waals surface area contributed by atoms with Gasteiger partial charge in [0.25, 0.3) is 0 Å². The van der Waals surface area contributed by atoms with E-state index >= 15 is 0 Å². The zero-order valence-corrected chi connectivity index (χ0v) is 5.79. The standard InChI is InChI=1S/C6H12N2O/c1-3-4-6(9-2)8-5-7/h3-4H,5,7H2,1-2H3/b4-3-,8-6+. The Labute approximate surface area is 55.2 Å². The lowest BCUT2D eigenvalue weighted by Crippen LogP contribution is -2.02. The first-order chi connectivity index (χ1) is 4.35. The first kappa shape index (κ1) is 8.17. The molecule has 0 aromatic heterocycles. The van der Waals surface area contributed by atoms with Crippen LogP contribution in [0.25, 0.3) is 0 Å². The van der Waals surface area contributed by atoms with E-state index in [9.17, 15) is 0 Å². The van der Waals surface area contributed by atoms with Crippen molar-refractivity contribution in [1.82, 2.24) is 0 Å². The highest BCUT2D eigenvalue weighted by Gasteiger charge is 1.84. The van der Waals surface area contributed by atoms with Crippen molar-refractivity contribution in [2.45, 2.75) is 6.92 Å². The molecule has 0 saturated carbocycles. The van der Waals surface area contributed by atoms with Gasteiger partial charge in [-0.15, -0.1) is 0 Å². The van der Waals surface area contributed by atoms with Gasteiger partial charge in [0.1, 0.15) is 0 Å². The smallest absolute Gasteiger partial charge is 0.209 e. The van der Waals surface area contributed by atoms with Gasteiger partial charge in [0.05, 0.1) is 13.8 Å². The summed E-state index contributed by atoms with van der Waals surface area (Å²) in [4.78, 5) is 3.82. The predicted molar refractivity (Wildman–Crippen MR) is 38.3 cm³/mol. The Balaban J connectivity index is 3.81. The van der Waals surface area contributed by atoms with Crippen LogP contribution in [0.2, 0.25) is 0 Å². The van der Waals surface area contributed by atoms with Gasteiger partial charge in [0.2, 0.25) is 5.90 Å². The maximum Gasteiger partial charge on any atom is 0.209 e. The number of nitrogens with zero attached hydrogens (tertiary/aromatic N) is 1. The van der Waals surface area contributed by atoms with Crippen molar-refractivity contribution in [1.29, 1.82) is 0 Å². The zero-order valence-electron chi connectivity index (χ0n) is 5.79. The SMILES string of the molecule is C/C=C\C(=N/CN)OC. The number of hydrogen-bond acceptors (Lipinski definition) is 3. The van der Waals surface area contributed by atoms with Crippen LogP contribution in [0.15, 0.2) is 17.1 Å². The molecular formula is C6H12N2O. The maximum atomic E-state index is 5.13. The van der Waals surface area contributed by atoms with Crippen molar-refractivity contribution in [3.05, 3.63) is 12.2 Å². The van der Waals surface area contributed by atoms with E-state index in [1.165, 1.54) is 0 Å². The predicted octanol–water partition coefficient (Wildman–Crippen LogP) is 0.524. The van der Waals surface area contributed by atoms with Crippen LogP contribution in [0.1, 0.15) is 6.92 Å². The summed E-state index contributed by atoms with van der Waals surface area (Å²) >= 11 is 0. The van der Waals surface area contributed by atoms with E-state index in [0.717, 1.165) is 0 Å². The molecule has 0 amide bonds. The second-order valence-corrected chi connectivity index (χ2v) is 1.38. The van der Waals surface area contributed by atoms with E-state index in [4.69, 9.17) is 10.5 Å². The van der Waals surface area contributed by atoms with E-state index in [0.29, 0.717) is 5.90 Å². The summed E-state index contributed by atoms with van der Waals surface area (Å²) < 4.78 is 4.81. The van der Waals surface area contributed by atoms with E-state index in [1.54, 1.807) is 13.2 Å². The fourth-order valence-corrected chi connectivity index (χ4v) is 0.418. The summed E-state index contributed by atoms with van der Waals surface area (Å²) in [5.74, 6) is 0.569. The first-order valence-electron chi connectivity index (χ1n) is 2.76. The van der Waals surface area contributed by atoms with Crippen molar-refractivity contribution >= 4 is 5.90 Å². The average molecular weight is 128 g/mol. The lowest BCUT2D eigenvalue weighted by Gasteiger charge is -1.95. The van der Waals surface area contributed by atoms with Gasteiger partial charge in [-0.05, 0) is 13.0 Å². The molecule has 0 unspecified atom stereocenters. The molecule has 0 rings (SSSR count). The van der Waals surface area contributed by atoms with Gasteiger partial charge < -0.3 is 10.5 Å². The molecule has 0 fully saturated rings. The summed E-state index contributed by atoms with van der Waals surface area (Å²) in [6.45, 7) is 2.17. The molecule has 0 aromatic rings. The van der Waals surface area contributed by atoms with E-state index in [2.05, 4.69) is 4.99 Å². The Bertz CT molecular complexity index is 118. The molecule has 0 heterocycles. The largest absolute Gasteiger partial charge is 0.481 e. The minimum Gasteiger partial charge on any atom is -0.481 e. The number of nitrogens with two attached hydrogens (primary N) is 1. The lowest BCUT2D eigenvalue weighted by atomic mass is 10.5. The van der Waals surface area contributed by atoms with Gasteiger partial charge in [-0.3, -0.25) is 0 Å². The highest BCUT2D eigenvalue weighted by atomic mass is 16.5. The third kappa shape index (κ3) is 3.73. The normalized spacial score (nSPS) is 12.6. The summed E-state index contributed by atoms with van der Waals surface area (Å²) in [5, 5.41) is 0. The summed E-state index contributed by atoms with van der Waals surface area (Å²) in [6.07, 6.45) is 3.60. The Morgan fingerprint density at radius 1 is 1.78 bits per heavy atom. The van der Waals surface area contributed by atoms with Crippen molar-refractivity contribution in [2.75, 3.05) is 13.8 Å². The van der Waals surface area contributed by atoms with Crippen LogP contribution in [-0.2, 0) is 4.74 Å². The Kier molecular flexibility index (Phi) is 4.82. The Hall–Kier alpha value is -0.830. The molecule has 0 aliphatic rings. The zero-order chi connectivity index (χ0) is 7.11. The highest BCUT2D eigenvalue weighted by Crippen LogP contribution is 1.81. The van der Waals surface area contributed by atoms with E-state index in [-0.39, 0.29) is 6.67 Å². The van der Waals surface area contributed by atoms with Crippen molar-refractivity contribution in [3.63, 3.8) is 0 Å². The molecule has 9 heavy (non-hydrogen) atoms. The molecule has 0 aliphatic heterocycles. The minimum atomic E-state index is 0.271. The van der Waals surface area contributed by atoms with Crippen LogP contribution >= 0.6 is 0 Å². The second-order valence-electron chi connectivity index (χ2n) is 1.38. The van der Waals surface area contributed by atoms with Crippen LogP contribution in [0.5, 0.6) is 0 Å². The summed E-state index contributed by atoms with van der Waals surface area (Å²) in [6, 6.07) is 0. The molecule has 0 spiro atoms. The molecule has 0 saturated heterocycles. The molecule has 0 radical (unpaired) electrons. The van der Waals surface area contributed by atoms with Gasteiger partial charge in [-0.2, -0.15) is 0 Å². The van der Waals surface area contributed by atoms with Crippen LogP contribution in [0, 0.1) is 0 Å². The highest BCUT2D eigenvalue weighted by molar-refractivity contribution is 5.87. The van der Waals surface area contributed by atoms with Gasteiger partial charge in [0, 0.05) is 0 Å². The molecule has 0 bridgehead atoms. The number of methoxy groups -OCH3 is 1. The van der Waals surface area contributed by atoms with Crippen LogP contribution in [-0.4, -0.2) is 19.7 Å². The molecule has 0 aromatic carbocycles. The fraction of sp³-hybridized carbons (Fsp3) is 0.500. The average Bonchev–Trinajstić information content (AvgIpc) is 1.88. The molecule has 52 valence electrons. The molecule has 3 nitrogen and oxygen atoms in total. The number of ether oxygens (including phenoxy) is 1. The number of allylic oxidation sites excluding steroid dienone is 1. The lowest BCUT2D eigenvalue weighted by molar-refractivity contribution is 0.405. The quantitative estimate of drug-likeness (QED) is 0.435. The van der Waals surface area contributed by atoms with Crippen molar-refractivity contribution < 1.29 is 4.74 Å². The van der Waals surface area contributed by atoms with Gasteiger partial charge in [-0.25, -0.2) is 4.99 Å². The Morgan fingerprint density at radius 3 is 2.78 bits per heavy atom. The van der Waals surface area contributed by atoms with Crippen LogP contribution in [0.3, 0.4) is 0 Å². The monoisotopic (exact) mass is 128 g/mol. The molecule has 3 heteroatoms. The third-order valence-electron chi connectivity index (χ3n) is 0.766. The fourth-order valence-electron chi connectivity index (χ4n) is 0.418. The summed E-state index contributed by atoms with van der Waals surface area (Å²) in [7, 11) is 1.56. The molecule has 0 atom stereocenters. The molecule has 0 aliphatic carbocycles. The van der Waals surface area contributed by atoms with Crippen LogP contribution in [0.4, 0.5) is 0 Å². The van der Waals surface area contributed by atoms with E-state index in [1.807, 2.05) is 13.0 Å². The number of hydrogen-bond donors (Lipinski definition) is 1. The maximum absolute atomic E-state index is 5.13. The molecule has 2 N–H and O–H groups in total. The summed E-state index contributed by atoms with van der Waals surface area (Å²) in [5.41, 5.74) is 5.13. The minimum absolute atomic E-state index is 0.271. The third-order valence-corrected chi connectivity index (χ3v) is 0.766. The van der Waals surface area contributed by atoms with E-state index < -0.39 is 0 Å². The number of rotatable bonds is 2. The second kappa shape index (κ2) is 5.31. The van der Waals surface area contributed by atoms with Crippen molar-refractivity contribution in [2.24, 2.45) is 10.7 Å². The first-order valence-corrected chi connectivity index (χ1v) is 2.76. The molecular weight excluding hydrogens is 116 g/mol. The van der Waals surface area contributed by atoms with Crippen LogP contribution < -0.4 is 5.73 Å². The topological polar surface area (TPSA) is 47.6 Å². The van der Waals surface area contributed by atoms with Gasteiger partial charge in [-0.1, -0.05) is 6.08 Å². The van der Waals surface area contributed by atoms with Gasteiger partial charge in [0.15, 0.2) is 0 Å². The Morgan fingerprint density at radius 2 is 2.44 bits per heavy atom.